The molecule has 20 heavy (non-hydrogen) atoms. The summed E-state index contributed by atoms with van der Waals surface area (Å²) in [6.07, 6.45) is 0. The lowest BCUT2D eigenvalue weighted by Crippen LogP contribution is -2.53. The van der Waals surface area contributed by atoms with E-state index in [1.807, 2.05) is 43.0 Å². The zero-order valence-electron chi connectivity index (χ0n) is 11.9. The highest BCUT2D eigenvalue weighted by atomic mass is 35.5. The number of ether oxygens (including phenoxy) is 1. The number of rotatable bonds is 4. The van der Waals surface area contributed by atoms with Gasteiger partial charge in [0, 0.05) is 24.2 Å². The molecule has 1 unspecified atom stereocenters. The molecule has 4 nitrogen and oxygen atoms in total. The quantitative estimate of drug-likeness (QED) is 0.925. The van der Waals surface area contributed by atoms with E-state index in [-0.39, 0.29) is 18.0 Å². The second-order valence-corrected chi connectivity index (χ2v) is 5.71. The van der Waals surface area contributed by atoms with Gasteiger partial charge in [0.1, 0.15) is 6.04 Å². The van der Waals surface area contributed by atoms with E-state index in [4.69, 9.17) is 16.3 Å². The normalized spacial score (nSPS) is 19.1. The predicted octanol–water partition coefficient (Wildman–Crippen LogP) is 2.07. The number of carbonyl (C=O) groups excluding carboxylic acids is 1. The van der Waals surface area contributed by atoms with E-state index in [0.717, 1.165) is 12.1 Å². The molecule has 1 aromatic rings. The van der Waals surface area contributed by atoms with Crippen molar-refractivity contribution in [1.29, 1.82) is 0 Å². The molecule has 0 bridgehead atoms. The van der Waals surface area contributed by atoms with Crippen LogP contribution in [0.1, 0.15) is 19.4 Å². The van der Waals surface area contributed by atoms with Gasteiger partial charge in [0.15, 0.2) is 0 Å². The van der Waals surface area contributed by atoms with Crippen LogP contribution in [0.5, 0.6) is 0 Å². The molecule has 1 fully saturated rings. The molecule has 0 spiro atoms. The second-order valence-electron chi connectivity index (χ2n) is 5.27. The van der Waals surface area contributed by atoms with E-state index in [1.54, 1.807) is 0 Å². The molecule has 0 aliphatic carbocycles. The van der Waals surface area contributed by atoms with Crippen molar-refractivity contribution in [1.82, 2.24) is 10.2 Å². The molecular weight excluding hydrogens is 276 g/mol. The minimum atomic E-state index is -0.245. The Morgan fingerprint density at radius 2 is 2.35 bits per heavy atom. The summed E-state index contributed by atoms with van der Waals surface area (Å²) < 4.78 is 5.37. The van der Waals surface area contributed by atoms with E-state index < -0.39 is 0 Å². The fourth-order valence-corrected chi connectivity index (χ4v) is 2.48. The molecule has 1 amide bonds. The lowest BCUT2D eigenvalue weighted by molar-refractivity contribution is -0.138. The molecule has 1 atom stereocenters. The van der Waals surface area contributed by atoms with Crippen molar-refractivity contribution in [3.8, 4) is 0 Å². The number of morpholine rings is 1. The summed E-state index contributed by atoms with van der Waals surface area (Å²) in [5.74, 6) is 0.0830. The standard InChI is InChI=1S/C15H21ClN2O2/c1-11(2)18(9-12-4-3-5-13(16)8-12)15(19)14-10-20-7-6-17-14/h3-5,8,11,14,17H,6-7,9-10H2,1-2H3. The lowest BCUT2D eigenvalue weighted by atomic mass is 10.1. The molecule has 1 aliphatic rings. The van der Waals surface area contributed by atoms with Crippen molar-refractivity contribution in [2.45, 2.75) is 32.5 Å². The summed E-state index contributed by atoms with van der Waals surface area (Å²) >= 11 is 6.00. The number of halogens is 1. The van der Waals surface area contributed by atoms with E-state index in [2.05, 4.69) is 5.32 Å². The minimum Gasteiger partial charge on any atom is -0.378 e. The van der Waals surface area contributed by atoms with Crippen molar-refractivity contribution in [3.63, 3.8) is 0 Å². The van der Waals surface area contributed by atoms with Crippen LogP contribution in [0.4, 0.5) is 0 Å². The average molecular weight is 297 g/mol. The van der Waals surface area contributed by atoms with Gasteiger partial charge in [0.05, 0.1) is 13.2 Å². The van der Waals surface area contributed by atoms with Crippen LogP contribution in [0.3, 0.4) is 0 Å². The molecule has 1 aromatic carbocycles. The Balaban J connectivity index is 2.08. The van der Waals surface area contributed by atoms with Crippen molar-refractivity contribution in [3.05, 3.63) is 34.9 Å². The molecule has 0 aromatic heterocycles. The lowest BCUT2D eigenvalue weighted by Gasteiger charge is -2.32. The van der Waals surface area contributed by atoms with Crippen LogP contribution in [0.15, 0.2) is 24.3 Å². The SMILES string of the molecule is CC(C)N(Cc1cccc(Cl)c1)C(=O)C1COCCN1. The number of hydrogen-bond acceptors (Lipinski definition) is 3. The van der Waals surface area contributed by atoms with Gasteiger partial charge in [-0.1, -0.05) is 23.7 Å². The van der Waals surface area contributed by atoms with E-state index in [1.165, 1.54) is 0 Å². The van der Waals surface area contributed by atoms with Crippen LogP contribution in [0.25, 0.3) is 0 Å². The summed E-state index contributed by atoms with van der Waals surface area (Å²) in [5, 5.41) is 3.90. The van der Waals surface area contributed by atoms with Gasteiger partial charge in [-0.15, -0.1) is 0 Å². The molecule has 1 saturated heterocycles. The Labute approximate surface area is 125 Å². The first-order valence-electron chi connectivity index (χ1n) is 6.94. The highest BCUT2D eigenvalue weighted by Gasteiger charge is 2.27. The fourth-order valence-electron chi connectivity index (χ4n) is 2.27. The number of amides is 1. The first-order valence-corrected chi connectivity index (χ1v) is 7.32. The van der Waals surface area contributed by atoms with Crippen molar-refractivity contribution < 1.29 is 9.53 Å². The third-order valence-corrected chi connectivity index (χ3v) is 3.60. The van der Waals surface area contributed by atoms with Gasteiger partial charge in [-0.25, -0.2) is 0 Å². The van der Waals surface area contributed by atoms with Crippen LogP contribution < -0.4 is 5.32 Å². The Bertz CT molecular complexity index is 459. The molecule has 0 radical (unpaired) electrons. The van der Waals surface area contributed by atoms with Gasteiger partial charge in [-0.05, 0) is 31.5 Å². The maximum atomic E-state index is 12.6. The summed E-state index contributed by atoms with van der Waals surface area (Å²) in [6, 6.07) is 7.51. The molecule has 0 saturated carbocycles. The summed E-state index contributed by atoms with van der Waals surface area (Å²) in [6.45, 7) is 6.43. The number of hydrogen-bond donors (Lipinski definition) is 1. The second kappa shape index (κ2) is 7.07. The molecule has 5 heteroatoms. The van der Waals surface area contributed by atoms with Gasteiger partial charge in [0.25, 0.3) is 0 Å². The molecular formula is C15H21ClN2O2. The zero-order valence-corrected chi connectivity index (χ0v) is 12.7. The van der Waals surface area contributed by atoms with Crippen molar-refractivity contribution >= 4 is 17.5 Å². The van der Waals surface area contributed by atoms with Crippen molar-refractivity contribution in [2.24, 2.45) is 0 Å². The maximum absolute atomic E-state index is 12.6. The Morgan fingerprint density at radius 3 is 2.95 bits per heavy atom. The Hall–Kier alpha value is -1.10. The Morgan fingerprint density at radius 1 is 1.55 bits per heavy atom. The van der Waals surface area contributed by atoms with E-state index in [9.17, 15) is 4.79 Å². The highest BCUT2D eigenvalue weighted by molar-refractivity contribution is 6.30. The molecule has 1 heterocycles. The Kier molecular flexibility index (Phi) is 5.40. The number of nitrogens with one attached hydrogen (secondary N) is 1. The number of nitrogens with zero attached hydrogens (tertiary/aromatic N) is 1. The van der Waals surface area contributed by atoms with E-state index >= 15 is 0 Å². The van der Waals surface area contributed by atoms with E-state index in [0.29, 0.717) is 24.8 Å². The largest absolute Gasteiger partial charge is 0.378 e. The van der Waals surface area contributed by atoms with Gasteiger partial charge in [0.2, 0.25) is 5.91 Å². The monoisotopic (exact) mass is 296 g/mol. The van der Waals surface area contributed by atoms with Gasteiger partial charge >= 0.3 is 0 Å². The van der Waals surface area contributed by atoms with Gasteiger partial charge < -0.3 is 15.0 Å². The molecule has 2 rings (SSSR count). The predicted molar refractivity (Wildman–Crippen MR) is 79.7 cm³/mol. The fraction of sp³-hybridized carbons (Fsp3) is 0.533. The smallest absolute Gasteiger partial charge is 0.242 e. The highest BCUT2D eigenvalue weighted by Crippen LogP contribution is 2.15. The third-order valence-electron chi connectivity index (χ3n) is 3.37. The van der Waals surface area contributed by atoms with Crippen LogP contribution >= 0.6 is 11.6 Å². The topological polar surface area (TPSA) is 41.6 Å². The van der Waals surface area contributed by atoms with Crippen LogP contribution in [-0.2, 0) is 16.1 Å². The molecule has 1 N–H and O–H groups in total. The maximum Gasteiger partial charge on any atom is 0.242 e. The van der Waals surface area contributed by atoms with Gasteiger partial charge in [-0.3, -0.25) is 4.79 Å². The summed E-state index contributed by atoms with van der Waals surface area (Å²) in [5.41, 5.74) is 1.04. The first-order chi connectivity index (χ1) is 9.58. The third kappa shape index (κ3) is 3.95. The van der Waals surface area contributed by atoms with Gasteiger partial charge in [-0.2, -0.15) is 0 Å². The average Bonchev–Trinajstić information content (AvgIpc) is 2.45. The molecule has 1 aliphatic heterocycles. The van der Waals surface area contributed by atoms with Crippen LogP contribution in [0, 0.1) is 0 Å². The van der Waals surface area contributed by atoms with Crippen LogP contribution in [0.2, 0.25) is 5.02 Å². The number of benzene rings is 1. The summed E-state index contributed by atoms with van der Waals surface area (Å²) in [7, 11) is 0. The zero-order chi connectivity index (χ0) is 14.5. The molecule has 110 valence electrons. The number of carbonyl (C=O) groups is 1. The minimum absolute atomic E-state index is 0.0830. The van der Waals surface area contributed by atoms with Crippen LogP contribution in [-0.4, -0.2) is 42.6 Å². The van der Waals surface area contributed by atoms with Crippen molar-refractivity contribution in [2.75, 3.05) is 19.8 Å². The summed E-state index contributed by atoms with van der Waals surface area (Å²) in [4.78, 5) is 14.4. The first kappa shape index (κ1) is 15.3.